The van der Waals surface area contributed by atoms with Crippen molar-refractivity contribution < 1.29 is 14.6 Å². The number of rotatable bonds is 8. The lowest BCUT2D eigenvalue weighted by molar-refractivity contribution is 0.0283. The number of aliphatic hydroxyl groups is 1. The molecule has 2 rings (SSSR count). The molecule has 3 N–H and O–H groups in total. The van der Waals surface area contributed by atoms with Crippen molar-refractivity contribution in [2.24, 2.45) is 4.99 Å². The van der Waals surface area contributed by atoms with Crippen LogP contribution in [-0.2, 0) is 4.74 Å². The van der Waals surface area contributed by atoms with Gasteiger partial charge in [0.1, 0.15) is 18.5 Å². The van der Waals surface area contributed by atoms with Gasteiger partial charge in [-0.25, -0.2) is 0 Å². The summed E-state index contributed by atoms with van der Waals surface area (Å²) in [7, 11) is 0. The number of benzene rings is 1. The predicted molar refractivity (Wildman–Crippen MR) is 116 cm³/mol. The van der Waals surface area contributed by atoms with Gasteiger partial charge in [-0.1, -0.05) is 12.1 Å². The third kappa shape index (κ3) is 8.09. The summed E-state index contributed by atoms with van der Waals surface area (Å²) in [6.45, 7) is 8.91. The molecular formula is C19H32IN3O3. The molecule has 7 heteroatoms. The Morgan fingerprint density at radius 3 is 2.88 bits per heavy atom. The van der Waals surface area contributed by atoms with E-state index in [0.29, 0.717) is 19.0 Å². The summed E-state index contributed by atoms with van der Waals surface area (Å²) in [5, 5.41) is 16.5. The molecule has 0 bridgehead atoms. The molecule has 0 radical (unpaired) electrons. The van der Waals surface area contributed by atoms with E-state index in [9.17, 15) is 5.11 Å². The minimum absolute atomic E-state index is 0. The second-order valence-electron chi connectivity index (χ2n) is 6.76. The van der Waals surface area contributed by atoms with Gasteiger partial charge in [-0.3, -0.25) is 4.99 Å². The van der Waals surface area contributed by atoms with E-state index in [0.717, 1.165) is 37.3 Å². The fraction of sp³-hybridized carbons (Fsp3) is 0.632. The standard InChI is InChI=1S/C19H31N3O3.HI/c1-4-20-18(22-14-19(3)9-6-10-25-19)21-12-16(23)13-24-17-8-5-7-15(2)11-17;/h5,7-8,11,16,23H,4,6,9-10,12-14H2,1-3H3,(H2,20,21,22);1H. The third-order valence-corrected chi connectivity index (χ3v) is 4.15. The van der Waals surface area contributed by atoms with Gasteiger partial charge >= 0.3 is 0 Å². The van der Waals surface area contributed by atoms with Crippen molar-refractivity contribution in [3.8, 4) is 5.75 Å². The number of aliphatic hydroxyl groups excluding tert-OH is 1. The maximum atomic E-state index is 10.1. The molecule has 1 aromatic rings. The average Bonchev–Trinajstić information content (AvgIpc) is 3.02. The van der Waals surface area contributed by atoms with E-state index in [2.05, 4.69) is 22.5 Å². The van der Waals surface area contributed by atoms with Gasteiger partial charge in [0, 0.05) is 19.7 Å². The first kappa shape index (κ1) is 23.0. The lowest BCUT2D eigenvalue weighted by atomic mass is 10.0. The first-order valence-electron chi connectivity index (χ1n) is 9.04. The summed E-state index contributed by atoms with van der Waals surface area (Å²) < 4.78 is 11.4. The molecule has 0 spiro atoms. The van der Waals surface area contributed by atoms with Crippen LogP contribution in [0.4, 0.5) is 0 Å². The Morgan fingerprint density at radius 1 is 1.42 bits per heavy atom. The molecule has 1 aliphatic heterocycles. The summed E-state index contributed by atoms with van der Waals surface area (Å²) in [5.41, 5.74) is 0.962. The maximum absolute atomic E-state index is 10.1. The predicted octanol–water partition coefficient (Wildman–Crippen LogP) is 2.48. The molecule has 0 aliphatic carbocycles. The van der Waals surface area contributed by atoms with Crippen molar-refractivity contribution in [1.29, 1.82) is 0 Å². The Hall–Kier alpha value is -1.06. The smallest absolute Gasteiger partial charge is 0.191 e. The second kappa shape index (κ2) is 11.6. The number of aliphatic imine (C=N–C) groups is 1. The van der Waals surface area contributed by atoms with Gasteiger partial charge in [0.15, 0.2) is 5.96 Å². The lowest BCUT2D eigenvalue weighted by Crippen LogP contribution is -2.43. The highest BCUT2D eigenvalue weighted by Gasteiger charge is 2.29. The molecule has 1 aliphatic rings. The molecule has 26 heavy (non-hydrogen) atoms. The normalized spacial score (nSPS) is 21.0. The number of hydrogen-bond donors (Lipinski definition) is 3. The number of ether oxygens (including phenoxy) is 2. The van der Waals surface area contributed by atoms with Crippen LogP contribution in [0.3, 0.4) is 0 Å². The SMILES string of the molecule is CCNC(=NCC1(C)CCCO1)NCC(O)COc1cccc(C)c1.I. The monoisotopic (exact) mass is 477 g/mol. The molecule has 1 fully saturated rings. The molecule has 2 atom stereocenters. The van der Waals surface area contributed by atoms with Crippen molar-refractivity contribution in [3.63, 3.8) is 0 Å². The van der Waals surface area contributed by atoms with E-state index >= 15 is 0 Å². The van der Waals surface area contributed by atoms with Gasteiger partial charge in [-0.05, 0) is 51.3 Å². The number of nitrogens with zero attached hydrogens (tertiary/aromatic N) is 1. The van der Waals surface area contributed by atoms with Crippen molar-refractivity contribution >= 4 is 29.9 Å². The lowest BCUT2D eigenvalue weighted by Gasteiger charge is -2.22. The van der Waals surface area contributed by atoms with E-state index in [-0.39, 0.29) is 36.2 Å². The topological polar surface area (TPSA) is 75.1 Å². The van der Waals surface area contributed by atoms with Crippen LogP contribution in [0.15, 0.2) is 29.3 Å². The van der Waals surface area contributed by atoms with Crippen LogP contribution < -0.4 is 15.4 Å². The second-order valence-corrected chi connectivity index (χ2v) is 6.76. The fourth-order valence-corrected chi connectivity index (χ4v) is 2.72. The summed E-state index contributed by atoms with van der Waals surface area (Å²) in [4.78, 5) is 4.59. The minimum Gasteiger partial charge on any atom is -0.491 e. The van der Waals surface area contributed by atoms with Gasteiger partial charge < -0.3 is 25.2 Å². The van der Waals surface area contributed by atoms with Gasteiger partial charge in [0.2, 0.25) is 0 Å². The van der Waals surface area contributed by atoms with E-state index in [1.165, 1.54) is 0 Å². The van der Waals surface area contributed by atoms with Gasteiger partial charge in [-0.15, -0.1) is 24.0 Å². The molecule has 2 unspecified atom stereocenters. The van der Waals surface area contributed by atoms with Gasteiger partial charge in [-0.2, -0.15) is 0 Å². The number of aryl methyl sites for hydroxylation is 1. The summed E-state index contributed by atoms with van der Waals surface area (Å²) in [5.74, 6) is 1.46. The van der Waals surface area contributed by atoms with Crippen LogP contribution in [0, 0.1) is 6.92 Å². The van der Waals surface area contributed by atoms with Crippen LogP contribution in [-0.4, -0.2) is 55.6 Å². The van der Waals surface area contributed by atoms with E-state index in [1.54, 1.807) is 0 Å². The van der Waals surface area contributed by atoms with Crippen LogP contribution in [0.25, 0.3) is 0 Å². The summed E-state index contributed by atoms with van der Waals surface area (Å²) in [6.07, 6.45) is 1.50. The highest BCUT2D eigenvalue weighted by molar-refractivity contribution is 14.0. The minimum atomic E-state index is -0.623. The molecule has 1 saturated heterocycles. The van der Waals surface area contributed by atoms with Gasteiger partial charge in [0.05, 0.1) is 12.1 Å². The molecular weight excluding hydrogens is 445 g/mol. The number of nitrogens with one attached hydrogen (secondary N) is 2. The molecule has 6 nitrogen and oxygen atoms in total. The Bertz CT molecular complexity index is 563. The highest BCUT2D eigenvalue weighted by Crippen LogP contribution is 2.24. The Kier molecular flexibility index (Phi) is 10.3. The zero-order valence-electron chi connectivity index (χ0n) is 16.0. The fourth-order valence-electron chi connectivity index (χ4n) is 2.72. The Balaban J connectivity index is 0.00000338. The number of halogens is 1. The maximum Gasteiger partial charge on any atom is 0.191 e. The first-order valence-corrected chi connectivity index (χ1v) is 9.04. The molecule has 0 aromatic heterocycles. The van der Waals surface area contributed by atoms with E-state index in [4.69, 9.17) is 9.47 Å². The Morgan fingerprint density at radius 2 is 2.23 bits per heavy atom. The zero-order chi connectivity index (χ0) is 18.1. The number of hydrogen-bond acceptors (Lipinski definition) is 4. The average molecular weight is 477 g/mol. The zero-order valence-corrected chi connectivity index (χ0v) is 18.3. The number of guanidine groups is 1. The Labute approximate surface area is 173 Å². The molecule has 148 valence electrons. The summed E-state index contributed by atoms with van der Waals surface area (Å²) in [6, 6.07) is 7.80. The van der Waals surface area contributed by atoms with Crippen molar-refractivity contribution in [2.75, 3.05) is 32.8 Å². The van der Waals surface area contributed by atoms with Crippen LogP contribution >= 0.6 is 24.0 Å². The van der Waals surface area contributed by atoms with E-state index in [1.807, 2.05) is 38.1 Å². The van der Waals surface area contributed by atoms with Crippen molar-refractivity contribution in [3.05, 3.63) is 29.8 Å². The first-order chi connectivity index (χ1) is 12.0. The van der Waals surface area contributed by atoms with Crippen LogP contribution in [0.2, 0.25) is 0 Å². The molecule has 1 aromatic carbocycles. The van der Waals surface area contributed by atoms with Crippen LogP contribution in [0.1, 0.15) is 32.3 Å². The molecule has 0 saturated carbocycles. The van der Waals surface area contributed by atoms with E-state index < -0.39 is 6.10 Å². The molecule has 1 heterocycles. The molecule has 0 amide bonds. The largest absolute Gasteiger partial charge is 0.491 e. The highest BCUT2D eigenvalue weighted by atomic mass is 127. The van der Waals surface area contributed by atoms with Crippen molar-refractivity contribution in [1.82, 2.24) is 10.6 Å². The quantitative estimate of drug-likeness (QED) is 0.305. The summed E-state index contributed by atoms with van der Waals surface area (Å²) >= 11 is 0. The van der Waals surface area contributed by atoms with Crippen LogP contribution in [0.5, 0.6) is 5.75 Å². The third-order valence-electron chi connectivity index (χ3n) is 4.15. The van der Waals surface area contributed by atoms with Gasteiger partial charge in [0.25, 0.3) is 0 Å². The van der Waals surface area contributed by atoms with Crippen molar-refractivity contribution in [2.45, 2.75) is 45.3 Å².